The summed E-state index contributed by atoms with van der Waals surface area (Å²) in [6.07, 6.45) is -0.935. The Morgan fingerprint density at radius 2 is 1.68 bits per heavy atom. The van der Waals surface area contributed by atoms with E-state index in [9.17, 15) is 22.0 Å². The number of carbonyl (C=O) groups excluding carboxylic acids is 1. The maximum absolute atomic E-state index is 14.3. The fourth-order valence-electron chi connectivity index (χ4n) is 5.26. The molecule has 4 aromatic carbocycles. The lowest BCUT2D eigenvalue weighted by atomic mass is 9.85. The minimum absolute atomic E-state index is 0.00726. The van der Waals surface area contributed by atoms with E-state index >= 15 is 0 Å². The van der Waals surface area contributed by atoms with E-state index in [1.807, 2.05) is 0 Å². The molecule has 1 aliphatic heterocycles. The van der Waals surface area contributed by atoms with E-state index in [-0.39, 0.29) is 35.9 Å². The fraction of sp³-hybridized carbons (Fsp3) is 0.257. The number of halogens is 2. The Balaban J connectivity index is 1.57. The van der Waals surface area contributed by atoms with E-state index in [1.54, 1.807) is 66.7 Å². The van der Waals surface area contributed by atoms with Crippen LogP contribution in [0.4, 0.5) is 8.78 Å². The quantitative estimate of drug-likeness (QED) is 0.178. The van der Waals surface area contributed by atoms with E-state index in [4.69, 9.17) is 24.3 Å². The van der Waals surface area contributed by atoms with E-state index in [0.29, 0.717) is 35.7 Å². The van der Waals surface area contributed by atoms with Crippen molar-refractivity contribution in [3.8, 4) is 11.5 Å². The zero-order valence-corrected chi connectivity index (χ0v) is 26.4. The van der Waals surface area contributed by atoms with Gasteiger partial charge < -0.3 is 24.6 Å². The van der Waals surface area contributed by atoms with Gasteiger partial charge in [0.25, 0.3) is 5.91 Å². The number of amides is 1. The third kappa shape index (κ3) is 7.95. The van der Waals surface area contributed by atoms with Crippen LogP contribution in [0.3, 0.4) is 0 Å². The maximum atomic E-state index is 14.3. The topological polar surface area (TPSA) is 124 Å². The summed E-state index contributed by atoms with van der Waals surface area (Å²) < 4.78 is 72.4. The number of nitrogens with zero attached hydrogens (tertiary/aromatic N) is 1. The van der Waals surface area contributed by atoms with Crippen LogP contribution >= 0.6 is 0 Å². The lowest BCUT2D eigenvalue weighted by Gasteiger charge is -2.30. The van der Waals surface area contributed by atoms with Crippen molar-refractivity contribution in [2.24, 2.45) is 4.99 Å². The van der Waals surface area contributed by atoms with Crippen LogP contribution < -0.4 is 14.8 Å². The number of aliphatic imine (C=N–C) groups is 1. The molecule has 5 rings (SSSR count). The summed E-state index contributed by atoms with van der Waals surface area (Å²) in [5.41, 5.74) is -0.664. The molecule has 1 amide bonds. The SMILES string of the molecule is COc1cccc([C@H]2OC(c3ccc(OCCCO)cc3)=N[C@@]2(CCS(=O)(=O)c2ccccc2)C(=O)NCc2cc(F)cc(F)c2)c1. The summed E-state index contributed by atoms with van der Waals surface area (Å²) in [7, 11) is -2.39. The second-order valence-electron chi connectivity index (χ2n) is 10.9. The second kappa shape index (κ2) is 14.7. The van der Waals surface area contributed by atoms with Crippen LogP contribution in [0.15, 0.2) is 107 Å². The van der Waals surface area contributed by atoms with Crippen molar-refractivity contribution in [2.45, 2.75) is 35.9 Å². The first-order valence-electron chi connectivity index (χ1n) is 14.9. The number of hydrogen-bond donors (Lipinski definition) is 2. The van der Waals surface area contributed by atoms with Gasteiger partial charge in [-0.15, -0.1) is 0 Å². The summed E-state index contributed by atoms with van der Waals surface area (Å²) in [6.45, 7) is 0.0581. The van der Waals surface area contributed by atoms with Crippen molar-refractivity contribution in [1.82, 2.24) is 5.32 Å². The van der Waals surface area contributed by atoms with Crippen LogP contribution in [0, 0.1) is 11.6 Å². The molecule has 0 aromatic heterocycles. The fourth-order valence-corrected chi connectivity index (χ4v) is 6.65. The molecule has 0 fully saturated rings. The first-order chi connectivity index (χ1) is 22.6. The van der Waals surface area contributed by atoms with Gasteiger partial charge in [-0.3, -0.25) is 4.79 Å². The Kier molecular flexibility index (Phi) is 10.5. The van der Waals surface area contributed by atoms with Crippen molar-refractivity contribution in [2.75, 3.05) is 26.1 Å². The van der Waals surface area contributed by atoms with Crippen LogP contribution in [0.25, 0.3) is 0 Å². The Morgan fingerprint density at radius 3 is 2.36 bits per heavy atom. The average Bonchev–Trinajstić information content (AvgIpc) is 3.48. The monoisotopic (exact) mass is 664 g/mol. The molecule has 2 N–H and O–H groups in total. The number of benzene rings is 4. The standard InChI is InChI=1S/C35H34F2N2O7S/c1-44-30-8-5-7-26(21-30)32-35(15-18-47(42,43)31-9-3-2-4-10-31,34(41)38-23-24-19-27(36)22-28(37)20-24)39-33(46-32)25-11-13-29(14-12-25)45-17-6-16-40/h2-5,7-14,19-22,32,40H,6,15-18,23H2,1H3,(H,38,41)/t32-,35-/m1/s1. The summed E-state index contributed by atoms with van der Waals surface area (Å²) >= 11 is 0. The van der Waals surface area contributed by atoms with Gasteiger partial charge in [-0.25, -0.2) is 22.2 Å². The van der Waals surface area contributed by atoms with Crippen molar-refractivity contribution in [3.05, 3.63) is 125 Å². The van der Waals surface area contributed by atoms with Crippen LogP contribution in [-0.4, -0.2) is 56.9 Å². The predicted molar refractivity (Wildman–Crippen MR) is 171 cm³/mol. The number of methoxy groups -OCH3 is 1. The van der Waals surface area contributed by atoms with Crippen molar-refractivity contribution in [3.63, 3.8) is 0 Å². The number of aliphatic hydroxyl groups excluding tert-OH is 1. The predicted octanol–water partition coefficient (Wildman–Crippen LogP) is 5.17. The smallest absolute Gasteiger partial charge is 0.252 e. The van der Waals surface area contributed by atoms with E-state index < -0.39 is 44.8 Å². The van der Waals surface area contributed by atoms with Crippen LogP contribution in [0.2, 0.25) is 0 Å². The molecular formula is C35H34F2N2O7S. The number of nitrogens with one attached hydrogen (secondary N) is 1. The van der Waals surface area contributed by atoms with Crippen molar-refractivity contribution < 1.29 is 41.3 Å². The molecule has 9 nitrogen and oxygen atoms in total. The van der Waals surface area contributed by atoms with E-state index in [2.05, 4.69) is 5.32 Å². The molecule has 47 heavy (non-hydrogen) atoms. The molecule has 0 saturated heterocycles. The number of carbonyl (C=O) groups is 1. The van der Waals surface area contributed by atoms with Crippen LogP contribution in [-0.2, 0) is 25.9 Å². The lowest BCUT2D eigenvalue weighted by molar-refractivity contribution is -0.129. The van der Waals surface area contributed by atoms with Gasteiger partial charge in [0.05, 0.1) is 24.4 Å². The number of ether oxygens (including phenoxy) is 3. The summed E-state index contributed by atoms with van der Waals surface area (Å²) in [6, 6.07) is 24.4. The molecule has 0 aliphatic carbocycles. The number of sulfone groups is 1. The van der Waals surface area contributed by atoms with Gasteiger partial charge in [0.15, 0.2) is 21.5 Å². The Morgan fingerprint density at radius 1 is 0.957 bits per heavy atom. The largest absolute Gasteiger partial charge is 0.497 e. The molecule has 0 unspecified atom stereocenters. The van der Waals surface area contributed by atoms with Gasteiger partial charge in [-0.2, -0.15) is 0 Å². The zero-order chi connectivity index (χ0) is 33.4. The molecule has 0 radical (unpaired) electrons. The third-order valence-corrected chi connectivity index (χ3v) is 9.39. The highest BCUT2D eigenvalue weighted by atomic mass is 32.2. The minimum atomic E-state index is -3.88. The number of aliphatic hydroxyl groups is 1. The molecule has 0 bridgehead atoms. The second-order valence-corrected chi connectivity index (χ2v) is 13.0. The van der Waals surface area contributed by atoms with Crippen LogP contribution in [0.5, 0.6) is 11.5 Å². The summed E-state index contributed by atoms with van der Waals surface area (Å²) in [5.74, 6) is -1.66. The van der Waals surface area contributed by atoms with Crippen LogP contribution in [0.1, 0.15) is 35.6 Å². The highest BCUT2D eigenvalue weighted by Crippen LogP contribution is 2.44. The molecule has 2 atom stereocenters. The van der Waals surface area contributed by atoms with Gasteiger partial charge in [0.2, 0.25) is 5.90 Å². The molecule has 12 heteroatoms. The molecular weight excluding hydrogens is 630 g/mol. The molecule has 246 valence electrons. The first-order valence-corrected chi connectivity index (χ1v) is 16.5. The third-order valence-electron chi connectivity index (χ3n) is 7.66. The highest BCUT2D eigenvalue weighted by molar-refractivity contribution is 7.91. The highest BCUT2D eigenvalue weighted by Gasteiger charge is 2.53. The molecule has 1 aliphatic rings. The van der Waals surface area contributed by atoms with Gasteiger partial charge in [-0.1, -0.05) is 30.3 Å². The molecule has 1 heterocycles. The van der Waals surface area contributed by atoms with Gasteiger partial charge in [0, 0.05) is 37.6 Å². The van der Waals surface area contributed by atoms with Gasteiger partial charge in [0.1, 0.15) is 23.1 Å². The van der Waals surface area contributed by atoms with E-state index in [1.165, 1.54) is 19.2 Å². The van der Waals surface area contributed by atoms with Gasteiger partial charge >= 0.3 is 0 Å². The first kappa shape index (κ1) is 33.6. The summed E-state index contributed by atoms with van der Waals surface area (Å²) in [4.78, 5) is 19.2. The van der Waals surface area contributed by atoms with Crippen molar-refractivity contribution >= 4 is 21.6 Å². The molecule has 0 saturated carbocycles. The lowest BCUT2D eigenvalue weighted by Crippen LogP contribution is -2.49. The van der Waals surface area contributed by atoms with Gasteiger partial charge in [-0.05, 0) is 71.8 Å². The number of hydrogen-bond acceptors (Lipinski definition) is 8. The Hall–Kier alpha value is -4.81. The Bertz CT molecular complexity index is 1820. The number of rotatable bonds is 14. The molecule has 0 spiro atoms. The normalized spacial score (nSPS) is 17.4. The van der Waals surface area contributed by atoms with E-state index in [0.717, 1.165) is 18.2 Å². The average molecular weight is 665 g/mol. The maximum Gasteiger partial charge on any atom is 0.252 e. The Labute approximate surface area is 271 Å². The molecule has 4 aromatic rings. The minimum Gasteiger partial charge on any atom is -0.497 e. The van der Waals surface area contributed by atoms with Crippen molar-refractivity contribution in [1.29, 1.82) is 0 Å². The zero-order valence-electron chi connectivity index (χ0n) is 25.6. The summed E-state index contributed by atoms with van der Waals surface area (Å²) in [5, 5.41) is 11.8.